The molecule has 1 amide bonds. The number of methoxy groups -OCH3 is 1. The van der Waals surface area contributed by atoms with Gasteiger partial charge in [0.2, 0.25) is 0 Å². The van der Waals surface area contributed by atoms with Gasteiger partial charge in [-0.25, -0.2) is 0 Å². The predicted octanol–water partition coefficient (Wildman–Crippen LogP) is 2.63. The third-order valence-electron chi connectivity index (χ3n) is 5.07. The van der Waals surface area contributed by atoms with Gasteiger partial charge in [0.1, 0.15) is 12.3 Å². The van der Waals surface area contributed by atoms with Gasteiger partial charge in [0, 0.05) is 35.0 Å². The Bertz CT molecular complexity index is 753. The van der Waals surface area contributed by atoms with Crippen LogP contribution in [0.3, 0.4) is 0 Å². The van der Waals surface area contributed by atoms with Crippen LogP contribution in [0.5, 0.6) is 5.75 Å². The van der Waals surface area contributed by atoms with Gasteiger partial charge in [-0.15, -0.1) is 0 Å². The molecule has 0 unspecified atom stereocenters. The number of halogens is 1. The molecule has 0 atom stereocenters. The van der Waals surface area contributed by atoms with Crippen molar-refractivity contribution in [2.45, 2.75) is 32.4 Å². The highest BCUT2D eigenvalue weighted by molar-refractivity contribution is 6.30. The summed E-state index contributed by atoms with van der Waals surface area (Å²) in [4.78, 5) is 14.1. The summed E-state index contributed by atoms with van der Waals surface area (Å²) in [6.45, 7) is 5.10. The molecule has 0 aliphatic carbocycles. The van der Waals surface area contributed by atoms with Crippen LogP contribution in [0, 0.1) is 6.92 Å². The number of rotatable bonds is 5. The number of ether oxygens (including phenoxy) is 1. The largest absolute Gasteiger partial charge is 0.496 e. The number of hydrogen-bond donors (Lipinski definition) is 2. The Balaban J connectivity index is 1.50. The van der Waals surface area contributed by atoms with Crippen molar-refractivity contribution in [3.8, 4) is 5.75 Å². The van der Waals surface area contributed by atoms with Crippen molar-refractivity contribution < 1.29 is 14.4 Å². The molecule has 2 aromatic rings. The van der Waals surface area contributed by atoms with Crippen molar-refractivity contribution in [1.29, 1.82) is 0 Å². The van der Waals surface area contributed by atoms with Crippen molar-refractivity contribution in [2.75, 3.05) is 20.2 Å². The molecule has 3 rings (SSSR count). The van der Waals surface area contributed by atoms with Crippen LogP contribution in [0.15, 0.2) is 42.5 Å². The molecular weight excluding hydrogens is 348 g/mol. The molecule has 1 heterocycles. The van der Waals surface area contributed by atoms with Crippen LogP contribution in [-0.4, -0.2) is 32.1 Å². The first-order chi connectivity index (χ1) is 12.5. The SMILES string of the molecule is COc1cc(C(=O)NC2CC[NH+](Cc3ccc(Cl)cc3)CC2)ccc1C. The zero-order valence-electron chi connectivity index (χ0n) is 15.3. The molecule has 1 aliphatic heterocycles. The second-order valence-corrected chi connectivity index (χ2v) is 7.42. The van der Waals surface area contributed by atoms with Crippen molar-refractivity contribution >= 4 is 17.5 Å². The van der Waals surface area contributed by atoms with E-state index in [0.717, 1.165) is 48.8 Å². The number of likely N-dealkylation sites (tertiary alicyclic amines) is 1. The van der Waals surface area contributed by atoms with E-state index >= 15 is 0 Å². The van der Waals surface area contributed by atoms with Crippen LogP contribution in [-0.2, 0) is 6.54 Å². The Kier molecular flexibility index (Phi) is 6.17. The van der Waals surface area contributed by atoms with Gasteiger partial charge in [-0.3, -0.25) is 4.79 Å². The number of quaternary nitrogens is 1. The zero-order chi connectivity index (χ0) is 18.5. The van der Waals surface area contributed by atoms with E-state index in [4.69, 9.17) is 16.3 Å². The lowest BCUT2D eigenvalue weighted by atomic mass is 10.0. The lowest BCUT2D eigenvalue weighted by Crippen LogP contribution is -3.12. The van der Waals surface area contributed by atoms with Crippen LogP contribution >= 0.6 is 11.6 Å². The molecule has 4 nitrogen and oxygen atoms in total. The number of nitrogens with one attached hydrogen (secondary N) is 2. The second-order valence-electron chi connectivity index (χ2n) is 6.99. The quantitative estimate of drug-likeness (QED) is 0.846. The Hall–Kier alpha value is -2.04. The molecule has 0 spiro atoms. The topological polar surface area (TPSA) is 42.8 Å². The van der Waals surface area contributed by atoms with Crippen LogP contribution in [0.4, 0.5) is 0 Å². The van der Waals surface area contributed by atoms with E-state index in [2.05, 4.69) is 17.4 Å². The fourth-order valence-corrected chi connectivity index (χ4v) is 3.59. The summed E-state index contributed by atoms with van der Waals surface area (Å²) in [5.41, 5.74) is 2.99. The zero-order valence-corrected chi connectivity index (χ0v) is 16.1. The van der Waals surface area contributed by atoms with E-state index in [9.17, 15) is 4.79 Å². The molecule has 2 aromatic carbocycles. The van der Waals surface area contributed by atoms with Crippen LogP contribution in [0.1, 0.15) is 34.3 Å². The number of carbonyl (C=O) groups is 1. The molecule has 1 saturated heterocycles. The fraction of sp³-hybridized carbons (Fsp3) is 0.381. The van der Waals surface area contributed by atoms with E-state index in [1.54, 1.807) is 12.0 Å². The third-order valence-corrected chi connectivity index (χ3v) is 5.32. The van der Waals surface area contributed by atoms with Gasteiger partial charge in [0.05, 0.1) is 20.2 Å². The minimum Gasteiger partial charge on any atom is -0.496 e. The maximum absolute atomic E-state index is 12.5. The minimum atomic E-state index is -0.0190. The summed E-state index contributed by atoms with van der Waals surface area (Å²) in [5, 5.41) is 3.95. The van der Waals surface area contributed by atoms with E-state index in [1.807, 2.05) is 37.3 Å². The number of hydrogen-bond acceptors (Lipinski definition) is 2. The van der Waals surface area contributed by atoms with Crippen LogP contribution < -0.4 is 15.0 Å². The van der Waals surface area contributed by atoms with Crippen LogP contribution in [0.25, 0.3) is 0 Å². The van der Waals surface area contributed by atoms with Crippen molar-refractivity contribution in [3.05, 3.63) is 64.2 Å². The molecular formula is C21H26ClN2O2+. The maximum atomic E-state index is 12.5. The highest BCUT2D eigenvalue weighted by atomic mass is 35.5. The highest BCUT2D eigenvalue weighted by Gasteiger charge is 2.24. The van der Waals surface area contributed by atoms with E-state index in [0.29, 0.717) is 5.56 Å². The Morgan fingerprint density at radius 2 is 1.88 bits per heavy atom. The van der Waals surface area contributed by atoms with Gasteiger partial charge >= 0.3 is 0 Å². The molecule has 138 valence electrons. The lowest BCUT2D eigenvalue weighted by molar-refractivity contribution is -0.918. The molecule has 0 aromatic heterocycles. The summed E-state index contributed by atoms with van der Waals surface area (Å²) in [5.74, 6) is 0.731. The molecule has 1 aliphatic rings. The highest BCUT2D eigenvalue weighted by Crippen LogP contribution is 2.19. The maximum Gasteiger partial charge on any atom is 0.251 e. The third kappa shape index (κ3) is 4.77. The molecule has 2 N–H and O–H groups in total. The normalized spacial score (nSPS) is 19.8. The standard InChI is InChI=1S/C21H25ClN2O2/c1-15-3-6-17(13-20(15)26-2)21(25)23-19-9-11-24(12-10-19)14-16-4-7-18(22)8-5-16/h3-8,13,19H,9-12,14H2,1-2H3,(H,23,25)/p+1. The van der Waals surface area contributed by atoms with Gasteiger partial charge in [-0.1, -0.05) is 29.8 Å². The van der Waals surface area contributed by atoms with Crippen molar-refractivity contribution in [3.63, 3.8) is 0 Å². The number of aryl methyl sites for hydroxylation is 1. The smallest absolute Gasteiger partial charge is 0.251 e. The van der Waals surface area contributed by atoms with E-state index in [1.165, 1.54) is 5.56 Å². The summed E-state index contributed by atoms with van der Waals surface area (Å²) in [6.07, 6.45) is 2.00. The van der Waals surface area contributed by atoms with Gasteiger partial charge in [0.15, 0.2) is 0 Å². The first-order valence-electron chi connectivity index (χ1n) is 9.08. The fourth-order valence-electron chi connectivity index (χ4n) is 3.47. The predicted molar refractivity (Wildman–Crippen MR) is 104 cm³/mol. The van der Waals surface area contributed by atoms with Gasteiger partial charge < -0.3 is 15.0 Å². The average molecular weight is 374 g/mol. The molecule has 26 heavy (non-hydrogen) atoms. The molecule has 0 radical (unpaired) electrons. The lowest BCUT2D eigenvalue weighted by Gasteiger charge is -2.30. The Labute approximate surface area is 160 Å². The first-order valence-corrected chi connectivity index (χ1v) is 9.46. The number of amides is 1. The molecule has 0 saturated carbocycles. The number of carbonyl (C=O) groups excluding carboxylic acids is 1. The minimum absolute atomic E-state index is 0.0190. The Morgan fingerprint density at radius 1 is 1.19 bits per heavy atom. The van der Waals surface area contributed by atoms with E-state index in [-0.39, 0.29) is 11.9 Å². The van der Waals surface area contributed by atoms with E-state index < -0.39 is 0 Å². The first kappa shape index (κ1) is 18.7. The average Bonchev–Trinajstić information content (AvgIpc) is 2.65. The number of benzene rings is 2. The molecule has 5 heteroatoms. The monoisotopic (exact) mass is 373 g/mol. The molecule has 0 bridgehead atoms. The summed E-state index contributed by atoms with van der Waals surface area (Å²) in [6, 6.07) is 13.9. The Morgan fingerprint density at radius 3 is 2.54 bits per heavy atom. The van der Waals surface area contributed by atoms with Crippen molar-refractivity contribution in [2.24, 2.45) is 0 Å². The summed E-state index contributed by atoms with van der Waals surface area (Å²) < 4.78 is 5.31. The van der Waals surface area contributed by atoms with Gasteiger partial charge in [-0.2, -0.15) is 0 Å². The molecule has 1 fully saturated rings. The summed E-state index contributed by atoms with van der Waals surface area (Å²) in [7, 11) is 1.63. The second kappa shape index (κ2) is 8.56. The van der Waals surface area contributed by atoms with Crippen LogP contribution in [0.2, 0.25) is 5.02 Å². The van der Waals surface area contributed by atoms with Gasteiger partial charge in [0.25, 0.3) is 5.91 Å². The summed E-state index contributed by atoms with van der Waals surface area (Å²) >= 11 is 5.95. The van der Waals surface area contributed by atoms with Crippen molar-refractivity contribution in [1.82, 2.24) is 5.32 Å². The number of piperidine rings is 1. The van der Waals surface area contributed by atoms with Gasteiger partial charge in [-0.05, 0) is 36.8 Å².